The van der Waals surface area contributed by atoms with Crippen molar-refractivity contribution >= 4 is 40.1 Å². The number of pyridine rings is 1. The largest absolute Gasteiger partial charge is 0.495 e. The van der Waals surface area contributed by atoms with E-state index in [1.165, 1.54) is 0 Å². The van der Waals surface area contributed by atoms with Crippen LogP contribution in [0.5, 0.6) is 5.75 Å². The third-order valence-electron chi connectivity index (χ3n) is 5.86. The van der Waals surface area contributed by atoms with Crippen molar-refractivity contribution in [3.05, 3.63) is 53.9 Å². The van der Waals surface area contributed by atoms with E-state index in [0.29, 0.717) is 28.1 Å². The molecule has 1 aliphatic rings. The summed E-state index contributed by atoms with van der Waals surface area (Å²) in [5.74, 6) is 1.06. The van der Waals surface area contributed by atoms with Gasteiger partial charge < -0.3 is 25.6 Å². The number of nitrogen functional groups attached to an aromatic ring is 1. The quantitative estimate of drug-likeness (QED) is 0.433. The topological polar surface area (TPSA) is 96.8 Å². The van der Waals surface area contributed by atoms with Crippen LogP contribution in [-0.4, -0.2) is 64.8 Å². The van der Waals surface area contributed by atoms with Gasteiger partial charge in [-0.05, 0) is 25.2 Å². The highest BCUT2D eigenvalue weighted by molar-refractivity contribution is 6.33. The summed E-state index contributed by atoms with van der Waals surface area (Å²) in [4.78, 5) is 13.8. The Bertz CT molecular complexity index is 1300. The van der Waals surface area contributed by atoms with Gasteiger partial charge in [-0.15, -0.1) is 0 Å². The molecular formula is C23H25ClN8O. The molecule has 0 unspecified atom stereocenters. The van der Waals surface area contributed by atoms with Crippen LogP contribution in [0.4, 0.5) is 23.0 Å². The number of nitrogens with two attached hydrogens (primary N) is 1. The summed E-state index contributed by atoms with van der Waals surface area (Å²) in [5, 5.41) is 8.20. The average molecular weight is 465 g/mol. The Morgan fingerprint density at radius 1 is 1.12 bits per heavy atom. The van der Waals surface area contributed by atoms with Crippen molar-refractivity contribution in [1.29, 1.82) is 0 Å². The molecule has 5 rings (SSSR count). The second-order valence-corrected chi connectivity index (χ2v) is 8.41. The van der Waals surface area contributed by atoms with Gasteiger partial charge in [-0.2, -0.15) is 5.10 Å². The Balaban J connectivity index is 1.53. The molecule has 0 bridgehead atoms. The SMILES string of the molecule is COc1cc(N2CCN(C)CC2)c(Nc2ncc(Cl)c(-c3cnn4ccccc34)n2)cc1N. The third kappa shape index (κ3) is 4.12. The fourth-order valence-electron chi connectivity index (χ4n) is 4.03. The monoisotopic (exact) mass is 464 g/mol. The summed E-state index contributed by atoms with van der Waals surface area (Å²) in [6, 6.07) is 9.68. The predicted octanol–water partition coefficient (Wildman–Crippen LogP) is 3.53. The number of hydrogen-bond donors (Lipinski definition) is 2. The van der Waals surface area contributed by atoms with Crippen molar-refractivity contribution in [2.45, 2.75) is 0 Å². The van der Waals surface area contributed by atoms with Crippen LogP contribution >= 0.6 is 11.6 Å². The number of ether oxygens (including phenoxy) is 1. The first-order valence-electron chi connectivity index (χ1n) is 10.7. The molecule has 1 aliphatic heterocycles. The van der Waals surface area contributed by atoms with E-state index in [2.05, 4.69) is 32.2 Å². The molecule has 33 heavy (non-hydrogen) atoms. The average Bonchev–Trinajstić information content (AvgIpc) is 3.25. The van der Waals surface area contributed by atoms with Crippen molar-refractivity contribution < 1.29 is 4.74 Å². The Labute approximate surface area is 196 Å². The van der Waals surface area contributed by atoms with Gasteiger partial charge in [0, 0.05) is 44.0 Å². The molecule has 0 saturated carbocycles. The standard InChI is InChI=1S/C23H25ClN8O/c1-30-7-9-31(10-8-30)20-12-21(33-2)17(25)11-18(20)28-23-26-14-16(24)22(29-23)15-13-27-32-6-4-3-5-19(15)32/h3-6,11-14H,7-10,25H2,1-2H3,(H,26,28,29). The van der Waals surface area contributed by atoms with Crippen LogP contribution in [0.25, 0.3) is 16.8 Å². The lowest BCUT2D eigenvalue weighted by molar-refractivity contribution is 0.313. The van der Waals surface area contributed by atoms with E-state index in [-0.39, 0.29) is 0 Å². The maximum absolute atomic E-state index is 6.48. The normalized spacial score (nSPS) is 14.6. The van der Waals surface area contributed by atoms with E-state index in [1.807, 2.05) is 36.5 Å². The molecule has 3 aromatic heterocycles. The number of nitrogens with one attached hydrogen (secondary N) is 1. The first-order valence-corrected chi connectivity index (χ1v) is 11.0. The molecule has 4 heterocycles. The number of halogens is 1. The first-order chi connectivity index (χ1) is 16.0. The molecule has 0 radical (unpaired) electrons. The maximum Gasteiger partial charge on any atom is 0.227 e. The first kappa shape index (κ1) is 21.3. The zero-order chi connectivity index (χ0) is 22.9. The van der Waals surface area contributed by atoms with Gasteiger partial charge in [-0.1, -0.05) is 17.7 Å². The number of benzene rings is 1. The van der Waals surface area contributed by atoms with Gasteiger partial charge in [0.1, 0.15) is 5.75 Å². The second kappa shape index (κ2) is 8.76. The maximum atomic E-state index is 6.48. The molecule has 9 nitrogen and oxygen atoms in total. The molecule has 10 heteroatoms. The summed E-state index contributed by atoms with van der Waals surface area (Å²) in [6.07, 6.45) is 5.24. The number of anilines is 4. The molecule has 0 aliphatic carbocycles. The van der Waals surface area contributed by atoms with Crippen LogP contribution in [0.15, 0.2) is 48.9 Å². The van der Waals surface area contributed by atoms with E-state index in [1.54, 1.807) is 24.0 Å². The van der Waals surface area contributed by atoms with Gasteiger partial charge in [-0.3, -0.25) is 0 Å². The minimum absolute atomic E-state index is 0.421. The Kier molecular flexibility index (Phi) is 5.65. The number of hydrogen-bond acceptors (Lipinski definition) is 8. The molecule has 0 spiro atoms. The van der Waals surface area contributed by atoms with Gasteiger partial charge in [0.05, 0.1) is 52.8 Å². The van der Waals surface area contributed by atoms with Crippen molar-refractivity contribution in [1.82, 2.24) is 24.5 Å². The fourth-order valence-corrected chi connectivity index (χ4v) is 4.22. The Hall–Kier alpha value is -3.56. The van der Waals surface area contributed by atoms with Crippen molar-refractivity contribution in [2.24, 2.45) is 0 Å². The van der Waals surface area contributed by atoms with E-state index in [9.17, 15) is 0 Å². The Morgan fingerprint density at radius 3 is 2.73 bits per heavy atom. The van der Waals surface area contributed by atoms with Crippen LogP contribution in [0, 0.1) is 0 Å². The Morgan fingerprint density at radius 2 is 1.94 bits per heavy atom. The molecule has 0 amide bonds. The lowest BCUT2D eigenvalue weighted by Gasteiger charge is -2.35. The van der Waals surface area contributed by atoms with Crippen LogP contribution in [0.2, 0.25) is 5.02 Å². The lowest BCUT2D eigenvalue weighted by Crippen LogP contribution is -2.44. The summed E-state index contributed by atoms with van der Waals surface area (Å²) < 4.78 is 7.27. The number of aromatic nitrogens is 4. The van der Waals surface area contributed by atoms with Gasteiger partial charge >= 0.3 is 0 Å². The number of piperazine rings is 1. The highest BCUT2D eigenvalue weighted by atomic mass is 35.5. The van der Waals surface area contributed by atoms with Crippen molar-refractivity contribution in [3.8, 4) is 17.0 Å². The molecule has 170 valence electrons. The molecule has 1 aromatic carbocycles. The van der Waals surface area contributed by atoms with Crippen molar-refractivity contribution in [2.75, 3.05) is 56.3 Å². The fraction of sp³-hybridized carbons (Fsp3) is 0.261. The van der Waals surface area contributed by atoms with Crippen LogP contribution in [0.1, 0.15) is 0 Å². The van der Waals surface area contributed by atoms with Gasteiger partial charge in [0.2, 0.25) is 5.95 Å². The van der Waals surface area contributed by atoms with E-state index in [0.717, 1.165) is 48.6 Å². The number of fused-ring (bicyclic) bond motifs is 1. The van der Waals surface area contributed by atoms with Gasteiger partial charge in [0.15, 0.2) is 0 Å². The van der Waals surface area contributed by atoms with Crippen molar-refractivity contribution in [3.63, 3.8) is 0 Å². The third-order valence-corrected chi connectivity index (χ3v) is 6.14. The smallest absolute Gasteiger partial charge is 0.227 e. The minimum atomic E-state index is 0.421. The second-order valence-electron chi connectivity index (χ2n) is 8.01. The number of nitrogens with zero attached hydrogens (tertiary/aromatic N) is 6. The van der Waals surface area contributed by atoms with Crippen LogP contribution < -0.4 is 20.7 Å². The highest BCUT2D eigenvalue weighted by Crippen LogP contribution is 2.38. The zero-order valence-corrected chi connectivity index (χ0v) is 19.3. The van der Waals surface area contributed by atoms with Crippen LogP contribution in [0.3, 0.4) is 0 Å². The predicted molar refractivity (Wildman–Crippen MR) is 132 cm³/mol. The number of methoxy groups -OCH3 is 1. The zero-order valence-electron chi connectivity index (χ0n) is 18.5. The van der Waals surface area contributed by atoms with E-state index in [4.69, 9.17) is 27.1 Å². The summed E-state index contributed by atoms with van der Waals surface area (Å²) in [6.45, 7) is 3.74. The van der Waals surface area contributed by atoms with Crippen LogP contribution in [-0.2, 0) is 0 Å². The molecular weight excluding hydrogens is 440 g/mol. The minimum Gasteiger partial charge on any atom is -0.495 e. The summed E-state index contributed by atoms with van der Waals surface area (Å²) in [5.41, 5.74) is 10.9. The molecule has 1 saturated heterocycles. The summed E-state index contributed by atoms with van der Waals surface area (Å²) >= 11 is 6.48. The number of likely N-dealkylation sites (N-methyl/N-ethyl adjacent to an activating group) is 1. The molecule has 3 N–H and O–H groups in total. The highest BCUT2D eigenvalue weighted by Gasteiger charge is 2.20. The summed E-state index contributed by atoms with van der Waals surface area (Å²) in [7, 11) is 3.75. The van der Waals surface area contributed by atoms with Gasteiger partial charge in [-0.25, -0.2) is 14.5 Å². The van der Waals surface area contributed by atoms with E-state index < -0.39 is 0 Å². The number of rotatable bonds is 5. The lowest BCUT2D eigenvalue weighted by atomic mass is 10.1. The molecule has 1 fully saturated rings. The molecule has 4 aromatic rings. The van der Waals surface area contributed by atoms with E-state index >= 15 is 0 Å². The van der Waals surface area contributed by atoms with Gasteiger partial charge in [0.25, 0.3) is 0 Å². The molecule has 0 atom stereocenters.